The van der Waals surface area contributed by atoms with E-state index in [1.807, 2.05) is 0 Å². The Kier molecular flexibility index (Phi) is 8.87. The molecule has 0 N–H and O–H groups in total. The van der Waals surface area contributed by atoms with Crippen LogP contribution in [-0.4, -0.2) is 12.3 Å². The van der Waals surface area contributed by atoms with Crippen LogP contribution in [0.5, 0.6) is 0 Å². The van der Waals surface area contributed by atoms with Crippen molar-refractivity contribution in [3.8, 4) is 0 Å². The van der Waals surface area contributed by atoms with Crippen LogP contribution in [0.2, 0.25) is 0 Å². The number of hydrogen-bond donors (Lipinski definition) is 0. The highest BCUT2D eigenvalue weighted by atomic mass is 31.1. The lowest BCUT2D eigenvalue weighted by Crippen LogP contribution is -1.91. The molecule has 0 saturated carbocycles. The van der Waals surface area contributed by atoms with Gasteiger partial charge in [-0.25, -0.2) is 0 Å². The average molecular weight is 200 g/mol. The van der Waals surface area contributed by atoms with Gasteiger partial charge in [0.25, 0.3) is 0 Å². The maximum atomic E-state index is 2.47. The van der Waals surface area contributed by atoms with Gasteiger partial charge in [-0.1, -0.05) is 59.8 Å². The molecule has 0 aliphatic carbocycles. The van der Waals surface area contributed by atoms with E-state index in [1.54, 1.807) is 5.31 Å². The van der Waals surface area contributed by atoms with Crippen molar-refractivity contribution in [2.45, 2.75) is 53.4 Å². The second-order valence-corrected chi connectivity index (χ2v) is 5.99. The van der Waals surface area contributed by atoms with E-state index in [1.165, 1.54) is 38.0 Å². The van der Waals surface area contributed by atoms with Crippen molar-refractivity contribution in [3.05, 3.63) is 11.4 Å². The molecule has 0 nitrogen and oxygen atoms in total. The molecule has 0 saturated heterocycles. The van der Waals surface area contributed by atoms with E-state index in [0.29, 0.717) is 0 Å². The van der Waals surface area contributed by atoms with E-state index >= 15 is 0 Å². The molecule has 0 aliphatic heterocycles. The third-order valence-corrected chi connectivity index (χ3v) is 5.48. The van der Waals surface area contributed by atoms with Gasteiger partial charge in [0.1, 0.15) is 0 Å². The van der Waals surface area contributed by atoms with Gasteiger partial charge in [-0.2, -0.15) is 0 Å². The molecule has 0 unspecified atom stereocenters. The zero-order valence-electron chi connectivity index (χ0n) is 9.77. The molecule has 0 heterocycles. The predicted molar refractivity (Wildman–Crippen MR) is 65.9 cm³/mol. The molecule has 0 aliphatic rings. The number of rotatable bonds is 7. The molecular formula is C12H25P. The molecule has 0 radical (unpaired) electrons. The molecule has 13 heavy (non-hydrogen) atoms. The topological polar surface area (TPSA) is 0 Å². The van der Waals surface area contributed by atoms with Crippen LogP contribution >= 0.6 is 7.92 Å². The summed E-state index contributed by atoms with van der Waals surface area (Å²) in [5.41, 5.74) is 0. The Labute approximate surface area is 85.6 Å². The first kappa shape index (κ1) is 13.2. The first-order chi connectivity index (χ1) is 6.29. The molecule has 0 spiro atoms. The van der Waals surface area contributed by atoms with E-state index < -0.39 is 0 Å². The summed E-state index contributed by atoms with van der Waals surface area (Å²) < 4.78 is 0. The molecule has 0 aromatic rings. The van der Waals surface area contributed by atoms with Gasteiger partial charge in [0.05, 0.1) is 0 Å². The van der Waals surface area contributed by atoms with Crippen molar-refractivity contribution in [2.75, 3.05) is 12.3 Å². The fraction of sp³-hybridized carbons (Fsp3) is 0.833. The van der Waals surface area contributed by atoms with Crippen molar-refractivity contribution in [1.29, 1.82) is 0 Å². The largest absolute Gasteiger partial charge is 0.0811 e. The predicted octanol–water partition coefficient (Wildman–Crippen LogP) is 4.99. The standard InChI is InChI=1S/C12H25P/c1-5-9-12(8-4)13(10-6-2)11-7-3/h9H,5-8,10-11H2,1-4H3. The summed E-state index contributed by atoms with van der Waals surface area (Å²) in [7, 11) is 0.231. The smallest absolute Gasteiger partial charge is 0.0291 e. The maximum absolute atomic E-state index is 2.47. The van der Waals surface area contributed by atoms with Gasteiger partial charge in [0, 0.05) is 0 Å². The second kappa shape index (κ2) is 8.75. The highest BCUT2D eigenvalue weighted by molar-refractivity contribution is 7.62. The fourth-order valence-corrected chi connectivity index (χ4v) is 4.44. The minimum Gasteiger partial charge on any atom is -0.0811 e. The summed E-state index contributed by atoms with van der Waals surface area (Å²) in [6.45, 7) is 9.18. The Morgan fingerprint density at radius 2 is 1.54 bits per heavy atom. The molecule has 1 heteroatoms. The Balaban J connectivity index is 4.20. The highest BCUT2D eigenvalue weighted by Crippen LogP contribution is 2.47. The first-order valence-corrected chi connectivity index (χ1v) is 7.45. The molecule has 78 valence electrons. The zero-order valence-corrected chi connectivity index (χ0v) is 10.7. The van der Waals surface area contributed by atoms with Crippen molar-refractivity contribution >= 4 is 7.92 Å². The van der Waals surface area contributed by atoms with E-state index in [9.17, 15) is 0 Å². The van der Waals surface area contributed by atoms with Gasteiger partial charge < -0.3 is 0 Å². The van der Waals surface area contributed by atoms with Crippen LogP contribution in [0, 0.1) is 0 Å². The molecule has 0 bridgehead atoms. The van der Waals surface area contributed by atoms with Gasteiger partial charge in [-0.05, 0) is 25.2 Å². The SMILES string of the molecule is CCC=C(CC)P(CCC)CCC. The summed E-state index contributed by atoms with van der Waals surface area (Å²) in [5, 5.41) is 1.76. The average Bonchev–Trinajstić information content (AvgIpc) is 2.14. The summed E-state index contributed by atoms with van der Waals surface area (Å²) in [6.07, 6.45) is 10.6. The second-order valence-electron chi connectivity index (χ2n) is 3.44. The Morgan fingerprint density at radius 3 is 1.85 bits per heavy atom. The van der Waals surface area contributed by atoms with Gasteiger partial charge in [0.15, 0.2) is 0 Å². The number of hydrogen-bond acceptors (Lipinski definition) is 0. The summed E-state index contributed by atoms with van der Waals surface area (Å²) in [6, 6.07) is 0. The summed E-state index contributed by atoms with van der Waals surface area (Å²) in [4.78, 5) is 0. The van der Waals surface area contributed by atoms with Gasteiger partial charge in [-0.15, -0.1) is 0 Å². The van der Waals surface area contributed by atoms with Crippen molar-refractivity contribution in [3.63, 3.8) is 0 Å². The molecule has 0 amide bonds. The zero-order chi connectivity index (χ0) is 10.1. The van der Waals surface area contributed by atoms with E-state index in [4.69, 9.17) is 0 Å². The Bertz CT molecular complexity index is 132. The van der Waals surface area contributed by atoms with Crippen LogP contribution in [0.4, 0.5) is 0 Å². The minimum absolute atomic E-state index is 0.231. The van der Waals surface area contributed by atoms with Crippen molar-refractivity contribution in [2.24, 2.45) is 0 Å². The Morgan fingerprint density at radius 1 is 1.00 bits per heavy atom. The van der Waals surface area contributed by atoms with Crippen LogP contribution in [-0.2, 0) is 0 Å². The van der Waals surface area contributed by atoms with Gasteiger partial charge in [0.2, 0.25) is 0 Å². The summed E-state index contributed by atoms with van der Waals surface area (Å²) >= 11 is 0. The molecule has 0 aromatic carbocycles. The van der Waals surface area contributed by atoms with Crippen molar-refractivity contribution in [1.82, 2.24) is 0 Å². The maximum Gasteiger partial charge on any atom is -0.0291 e. The third kappa shape index (κ3) is 5.47. The lowest BCUT2D eigenvalue weighted by Gasteiger charge is -2.19. The molecule has 0 atom stereocenters. The lowest BCUT2D eigenvalue weighted by molar-refractivity contribution is 1.04. The minimum atomic E-state index is 0.231. The monoisotopic (exact) mass is 200 g/mol. The van der Waals surface area contributed by atoms with Gasteiger partial charge in [-0.3, -0.25) is 0 Å². The highest BCUT2D eigenvalue weighted by Gasteiger charge is 2.09. The van der Waals surface area contributed by atoms with E-state index in [0.717, 1.165) is 0 Å². The third-order valence-electron chi connectivity index (χ3n) is 2.20. The van der Waals surface area contributed by atoms with Crippen LogP contribution < -0.4 is 0 Å². The van der Waals surface area contributed by atoms with E-state index in [-0.39, 0.29) is 7.92 Å². The molecule has 0 fully saturated rings. The van der Waals surface area contributed by atoms with Crippen LogP contribution in [0.25, 0.3) is 0 Å². The van der Waals surface area contributed by atoms with Crippen LogP contribution in [0.3, 0.4) is 0 Å². The molecular weight excluding hydrogens is 175 g/mol. The quantitative estimate of drug-likeness (QED) is 0.508. The molecule has 0 aromatic heterocycles. The first-order valence-electron chi connectivity index (χ1n) is 5.73. The van der Waals surface area contributed by atoms with Crippen LogP contribution in [0.1, 0.15) is 53.4 Å². The molecule has 0 rings (SSSR count). The van der Waals surface area contributed by atoms with Crippen molar-refractivity contribution < 1.29 is 0 Å². The summed E-state index contributed by atoms with van der Waals surface area (Å²) in [5.74, 6) is 0. The normalized spacial score (nSPS) is 12.5. The van der Waals surface area contributed by atoms with E-state index in [2.05, 4.69) is 33.8 Å². The number of allylic oxidation sites excluding steroid dienone is 2. The van der Waals surface area contributed by atoms with Gasteiger partial charge >= 0.3 is 0 Å². The Hall–Kier alpha value is 0.170. The lowest BCUT2D eigenvalue weighted by atomic mass is 10.3. The fourth-order valence-electron chi connectivity index (χ4n) is 1.67. The van der Waals surface area contributed by atoms with Crippen LogP contribution in [0.15, 0.2) is 11.4 Å².